The molecule has 2 unspecified atom stereocenters. The van der Waals surface area contributed by atoms with Gasteiger partial charge in [-0.25, -0.2) is 5.43 Å². The van der Waals surface area contributed by atoms with Crippen LogP contribution in [0.15, 0.2) is 49.1 Å². The summed E-state index contributed by atoms with van der Waals surface area (Å²) in [7, 11) is 1.55. The molecule has 8 atom stereocenters. The van der Waals surface area contributed by atoms with Crippen molar-refractivity contribution in [3.8, 4) is 5.75 Å². The van der Waals surface area contributed by atoms with Crippen LogP contribution < -0.4 is 26.1 Å². The Bertz CT molecular complexity index is 1210. The minimum Gasteiger partial charge on any atom is -0.490 e. The zero-order chi connectivity index (χ0) is 34.0. The van der Waals surface area contributed by atoms with Gasteiger partial charge in [0.15, 0.2) is 0 Å². The molecule has 46 heavy (non-hydrogen) atoms. The highest BCUT2D eigenvalue weighted by atomic mass is 16.6. The number of nitrogens with zero attached hydrogens (tertiary/aromatic N) is 1. The molecule has 0 saturated carbocycles. The lowest BCUT2D eigenvalue weighted by atomic mass is 9.95. The van der Waals surface area contributed by atoms with E-state index in [1.165, 1.54) is 0 Å². The van der Waals surface area contributed by atoms with E-state index in [2.05, 4.69) is 47.9 Å². The second-order valence-corrected chi connectivity index (χ2v) is 12.9. The SMILES string of the molecule is C=CCOc1cccc([C@H](NC2OC2[C@@H]2CCCN(C(=O)[C@H](C)NC(=O)[C@@H](NC(=O)[C@H](C)[C@@H](/C=C/C)OC)C(C)C)N2)C(C)C)c1. The highest BCUT2D eigenvalue weighted by Crippen LogP contribution is 2.33. The summed E-state index contributed by atoms with van der Waals surface area (Å²) in [6.45, 7) is 18.0. The van der Waals surface area contributed by atoms with Gasteiger partial charge in [0.05, 0.1) is 18.1 Å². The third-order valence-corrected chi connectivity index (χ3v) is 8.54. The molecule has 3 rings (SSSR count). The predicted octanol–water partition coefficient (Wildman–Crippen LogP) is 3.63. The number of hydrazine groups is 1. The maximum atomic E-state index is 13.4. The number of hydrogen-bond acceptors (Lipinski definition) is 8. The third kappa shape index (κ3) is 10.1. The van der Waals surface area contributed by atoms with Crippen LogP contribution in [0.25, 0.3) is 0 Å². The Morgan fingerprint density at radius 3 is 2.48 bits per heavy atom. The lowest BCUT2D eigenvalue weighted by Crippen LogP contribution is -2.61. The minimum atomic E-state index is -0.801. The number of allylic oxidation sites excluding steroid dienone is 1. The molecule has 2 saturated heterocycles. The Morgan fingerprint density at radius 2 is 1.85 bits per heavy atom. The van der Waals surface area contributed by atoms with Crippen molar-refractivity contribution >= 4 is 17.7 Å². The van der Waals surface area contributed by atoms with E-state index in [1.54, 1.807) is 32.0 Å². The number of methoxy groups -OCH3 is 1. The maximum absolute atomic E-state index is 13.4. The van der Waals surface area contributed by atoms with E-state index in [0.29, 0.717) is 19.1 Å². The summed E-state index contributed by atoms with van der Waals surface area (Å²) in [6, 6.07) is 6.46. The number of rotatable bonds is 17. The smallest absolute Gasteiger partial charge is 0.258 e. The van der Waals surface area contributed by atoms with Crippen LogP contribution in [0.1, 0.15) is 72.9 Å². The van der Waals surface area contributed by atoms with Crippen molar-refractivity contribution in [1.82, 2.24) is 26.4 Å². The average Bonchev–Trinajstić information content (AvgIpc) is 3.82. The Labute approximate surface area is 274 Å². The lowest BCUT2D eigenvalue weighted by molar-refractivity contribution is -0.142. The highest BCUT2D eigenvalue weighted by Gasteiger charge is 2.48. The van der Waals surface area contributed by atoms with Crippen LogP contribution in [-0.2, 0) is 23.9 Å². The largest absolute Gasteiger partial charge is 0.490 e. The first-order chi connectivity index (χ1) is 21.9. The summed E-state index contributed by atoms with van der Waals surface area (Å²) >= 11 is 0. The van der Waals surface area contributed by atoms with Crippen LogP contribution in [0.5, 0.6) is 5.75 Å². The van der Waals surface area contributed by atoms with Gasteiger partial charge in [-0.05, 0) is 56.2 Å². The van der Waals surface area contributed by atoms with Gasteiger partial charge in [-0.2, -0.15) is 0 Å². The first-order valence-corrected chi connectivity index (χ1v) is 16.5. The molecule has 256 valence electrons. The van der Waals surface area contributed by atoms with Crippen LogP contribution in [0, 0.1) is 17.8 Å². The van der Waals surface area contributed by atoms with Crippen molar-refractivity contribution in [2.75, 3.05) is 20.3 Å². The van der Waals surface area contributed by atoms with Crippen molar-refractivity contribution in [3.05, 3.63) is 54.6 Å². The second-order valence-electron chi connectivity index (χ2n) is 12.9. The fraction of sp³-hybridized carbons (Fsp3) is 0.629. The Balaban J connectivity index is 1.56. The number of amides is 3. The number of carbonyl (C=O) groups is 3. The van der Waals surface area contributed by atoms with Gasteiger partial charge in [0.1, 0.15) is 36.8 Å². The van der Waals surface area contributed by atoms with Gasteiger partial charge in [0.25, 0.3) is 5.91 Å². The summed E-state index contributed by atoms with van der Waals surface area (Å²) in [5.74, 6) is -0.523. The number of nitrogens with one attached hydrogen (secondary N) is 4. The van der Waals surface area contributed by atoms with E-state index < -0.39 is 30.0 Å². The Kier molecular flexibility index (Phi) is 14.2. The van der Waals surface area contributed by atoms with Crippen molar-refractivity contribution < 1.29 is 28.6 Å². The molecule has 0 aliphatic carbocycles. The molecular weight excluding hydrogens is 586 g/mol. The van der Waals surface area contributed by atoms with Gasteiger partial charge in [0.2, 0.25) is 11.8 Å². The van der Waals surface area contributed by atoms with Crippen LogP contribution in [-0.4, -0.2) is 79.6 Å². The molecule has 0 spiro atoms. The first-order valence-electron chi connectivity index (χ1n) is 16.5. The van der Waals surface area contributed by atoms with Gasteiger partial charge in [0, 0.05) is 19.7 Å². The summed E-state index contributed by atoms with van der Waals surface area (Å²) in [5, 5.41) is 10.9. The number of epoxide rings is 1. The summed E-state index contributed by atoms with van der Waals surface area (Å²) in [6.07, 6.45) is 6.37. The molecule has 2 fully saturated rings. The lowest BCUT2D eigenvalue weighted by Gasteiger charge is -2.35. The van der Waals surface area contributed by atoms with E-state index >= 15 is 0 Å². The molecule has 11 nitrogen and oxygen atoms in total. The Morgan fingerprint density at radius 1 is 1.11 bits per heavy atom. The molecule has 0 radical (unpaired) electrons. The van der Waals surface area contributed by atoms with Gasteiger partial charge < -0.3 is 24.8 Å². The summed E-state index contributed by atoms with van der Waals surface area (Å²) in [5.41, 5.74) is 4.47. The van der Waals surface area contributed by atoms with Crippen LogP contribution in [0.3, 0.4) is 0 Å². The maximum Gasteiger partial charge on any atom is 0.258 e. The second kappa shape index (κ2) is 17.6. The van der Waals surface area contributed by atoms with Crippen LogP contribution in [0.4, 0.5) is 0 Å². The first kappa shape index (κ1) is 37.2. The average molecular weight is 642 g/mol. The molecule has 0 aromatic heterocycles. The molecule has 4 N–H and O–H groups in total. The van der Waals surface area contributed by atoms with E-state index in [1.807, 2.05) is 51.1 Å². The van der Waals surface area contributed by atoms with E-state index in [4.69, 9.17) is 14.2 Å². The van der Waals surface area contributed by atoms with Gasteiger partial charge >= 0.3 is 0 Å². The van der Waals surface area contributed by atoms with E-state index in [-0.39, 0.29) is 42.1 Å². The van der Waals surface area contributed by atoms with Crippen LogP contribution in [0.2, 0.25) is 0 Å². The standard InChI is InChI=1S/C35H55N5O6/c1-10-14-28(44-9)23(7)32(41)37-30(22(5)6)33(42)36-24(8)35(43)40-18-13-17-27(39-40)31-34(46-31)38-29(21(3)4)25-15-12-16-26(20-25)45-19-11-2/h10-12,14-16,20-24,27-31,34,38-39H,2,13,17-19H2,1,3-9H3,(H,36,42)(H,37,41)/b14-10+/t23-,24+,27+,28-,29-,30+,31?,34?/m1/s1. The quantitative estimate of drug-likeness (QED) is 0.150. The normalized spacial score (nSPS) is 23.0. The molecular formula is C35H55N5O6. The van der Waals surface area contributed by atoms with Crippen molar-refractivity contribution in [3.63, 3.8) is 0 Å². The van der Waals surface area contributed by atoms with E-state index in [0.717, 1.165) is 24.2 Å². The number of benzene rings is 1. The molecule has 1 aromatic rings. The van der Waals surface area contributed by atoms with Crippen molar-refractivity contribution in [1.29, 1.82) is 0 Å². The van der Waals surface area contributed by atoms with E-state index in [9.17, 15) is 14.4 Å². The van der Waals surface area contributed by atoms with Gasteiger partial charge in [-0.1, -0.05) is 71.6 Å². The molecule has 11 heteroatoms. The molecule has 0 bridgehead atoms. The topological polar surface area (TPSA) is 134 Å². The zero-order valence-corrected chi connectivity index (χ0v) is 28.7. The third-order valence-electron chi connectivity index (χ3n) is 8.54. The zero-order valence-electron chi connectivity index (χ0n) is 28.7. The van der Waals surface area contributed by atoms with Crippen molar-refractivity contribution in [2.45, 2.75) is 104 Å². The Hall–Kier alpha value is -3.25. The minimum absolute atomic E-state index is 0.0525. The molecule has 2 heterocycles. The predicted molar refractivity (Wildman–Crippen MR) is 179 cm³/mol. The number of hydrogen-bond donors (Lipinski definition) is 4. The fourth-order valence-corrected chi connectivity index (χ4v) is 5.78. The number of carbonyl (C=O) groups excluding carboxylic acids is 3. The highest BCUT2D eigenvalue weighted by molar-refractivity contribution is 5.92. The molecule has 3 amide bonds. The molecule has 1 aromatic carbocycles. The fourth-order valence-electron chi connectivity index (χ4n) is 5.78. The monoisotopic (exact) mass is 641 g/mol. The summed E-state index contributed by atoms with van der Waals surface area (Å²) in [4.78, 5) is 39.7. The van der Waals surface area contributed by atoms with Crippen LogP contribution >= 0.6 is 0 Å². The molecule has 2 aliphatic heterocycles. The van der Waals surface area contributed by atoms with Gasteiger partial charge in [-0.3, -0.25) is 24.7 Å². The summed E-state index contributed by atoms with van der Waals surface area (Å²) < 4.78 is 17.2. The van der Waals surface area contributed by atoms with Crippen molar-refractivity contribution in [2.24, 2.45) is 17.8 Å². The molecule has 2 aliphatic rings. The number of ether oxygens (including phenoxy) is 3. The van der Waals surface area contributed by atoms with Gasteiger partial charge in [-0.15, -0.1) is 0 Å².